The van der Waals surface area contributed by atoms with E-state index < -0.39 is 17.8 Å². The van der Waals surface area contributed by atoms with Gasteiger partial charge in [0.2, 0.25) is 0 Å². The zero-order chi connectivity index (χ0) is 13.7. The van der Waals surface area contributed by atoms with Crippen LogP contribution in [0.1, 0.15) is 53.4 Å². The third-order valence-electron chi connectivity index (χ3n) is 5.76. The van der Waals surface area contributed by atoms with Crippen LogP contribution in [0.4, 0.5) is 0 Å². The van der Waals surface area contributed by atoms with Crippen molar-refractivity contribution in [2.45, 2.75) is 71.2 Å². The van der Waals surface area contributed by atoms with Gasteiger partial charge in [-0.3, -0.25) is 0 Å². The zero-order valence-corrected chi connectivity index (χ0v) is 12.1. The van der Waals surface area contributed by atoms with Crippen LogP contribution in [0.25, 0.3) is 0 Å². The van der Waals surface area contributed by atoms with Crippen LogP contribution in [0, 0.1) is 23.2 Å². The number of fused-ring (bicyclic) bond motifs is 1. The normalized spacial score (nSPS) is 53.3. The third-order valence-corrected chi connectivity index (χ3v) is 5.76. The Labute approximate surface area is 110 Å². The van der Waals surface area contributed by atoms with E-state index in [4.69, 9.17) is 0 Å². The molecule has 2 rings (SSSR count). The van der Waals surface area contributed by atoms with Crippen LogP contribution in [0.5, 0.6) is 0 Å². The number of hydrogen-bond acceptors (Lipinski definition) is 3. The molecule has 0 spiro atoms. The summed E-state index contributed by atoms with van der Waals surface area (Å²) >= 11 is 0. The maximum absolute atomic E-state index is 10.6. The molecule has 3 heteroatoms. The van der Waals surface area contributed by atoms with Gasteiger partial charge in [-0.15, -0.1) is 0 Å². The Bertz CT molecular complexity index is 313. The molecule has 2 unspecified atom stereocenters. The molecule has 0 aromatic heterocycles. The molecule has 2 fully saturated rings. The lowest BCUT2D eigenvalue weighted by Crippen LogP contribution is -2.49. The van der Waals surface area contributed by atoms with Crippen LogP contribution < -0.4 is 0 Å². The van der Waals surface area contributed by atoms with E-state index in [0.717, 1.165) is 12.8 Å². The Morgan fingerprint density at radius 1 is 1.06 bits per heavy atom. The molecule has 0 heterocycles. The highest BCUT2D eigenvalue weighted by Gasteiger charge is 2.58. The van der Waals surface area contributed by atoms with Crippen molar-refractivity contribution >= 4 is 0 Å². The van der Waals surface area contributed by atoms with Gasteiger partial charge in [-0.1, -0.05) is 20.8 Å². The lowest BCUT2D eigenvalue weighted by molar-refractivity contribution is -0.119. The van der Waals surface area contributed by atoms with Gasteiger partial charge in [0.25, 0.3) is 0 Å². The summed E-state index contributed by atoms with van der Waals surface area (Å²) in [5.41, 5.74) is -1.31. The molecule has 3 N–H and O–H groups in total. The van der Waals surface area contributed by atoms with Gasteiger partial charge in [-0.2, -0.15) is 0 Å². The predicted molar refractivity (Wildman–Crippen MR) is 71.0 cm³/mol. The van der Waals surface area contributed by atoms with Crippen LogP contribution in [-0.4, -0.2) is 33.1 Å². The highest BCUT2D eigenvalue weighted by molar-refractivity contribution is 5.07. The first-order chi connectivity index (χ1) is 8.20. The minimum atomic E-state index is -1.07. The summed E-state index contributed by atoms with van der Waals surface area (Å²) in [5.74, 6) is 0.877. The molecule has 106 valence electrons. The summed E-state index contributed by atoms with van der Waals surface area (Å²) in [6, 6.07) is 0. The lowest BCUT2D eigenvalue weighted by atomic mass is 9.67. The lowest BCUT2D eigenvalue weighted by Gasteiger charge is -2.42. The van der Waals surface area contributed by atoms with Gasteiger partial charge in [-0.05, 0) is 55.8 Å². The smallest absolute Gasteiger partial charge is 0.0881 e. The van der Waals surface area contributed by atoms with Crippen molar-refractivity contribution in [2.24, 2.45) is 23.2 Å². The summed E-state index contributed by atoms with van der Waals surface area (Å²) in [7, 11) is 0. The van der Waals surface area contributed by atoms with Crippen molar-refractivity contribution in [3.8, 4) is 0 Å². The summed E-state index contributed by atoms with van der Waals surface area (Å²) in [5, 5.41) is 31.5. The highest BCUT2D eigenvalue weighted by Crippen LogP contribution is 2.57. The van der Waals surface area contributed by atoms with Gasteiger partial charge in [0.1, 0.15) is 0 Å². The van der Waals surface area contributed by atoms with Crippen molar-refractivity contribution in [3.63, 3.8) is 0 Å². The van der Waals surface area contributed by atoms with E-state index in [1.165, 1.54) is 0 Å². The van der Waals surface area contributed by atoms with Crippen LogP contribution >= 0.6 is 0 Å². The molecule has 0 radical (unpaired) electrons. The van der Waals surface area contributed by atoms with E-state index >= 15 is 0 Å². The second-order valence-corrected chi connectivity index (χ2v) is 7.33. The van der Waals surface area contributed by atoms with E-state index in [1.807, 2.05) is 0 Å². The van der Waals surface area contributed by atoms with Crippen molar-refractivity contribution in [1.82, 2.24) is 0 Å². The van der Waals surface area contributed by atoms with Crippen molar-refractivity contribution in [1.29, 1.82) is 0 Å². The number of aliphatic hydroxyl groups is 3. The zero-order valence-electron chi connectivity index (χ0n) is 12.1. The monoisotopic (exact) mass is 256 g/mol. The first-order valence-corrected chi connectivity index (χ1v) is 7.28. The summed E-state index contributed by atoms with van der Waals surface area (Å²) in [6.07, 6.45) is 1.93. The van der Waals surface area contributed by atoms with Crippen molar-refractivity contribution in [3.05, 3.63) is 0 Å². The fraction of sp³-hybridized carbons (Fsp3) is 1.00. The van der Waals surface area contributed by atoms with E-state index in [-0.39, 0.29) is 11.3 Å². The SMILES string of the molecule is CC(C)C1CC[C@]2(C)C1[C@@H](O)[C@@](C)(O)CC[C@H]2O. The predicted octanol–water partition coefficient (Wildman–Crippen LogP) is 1.94. The Morgan fingerprint density at radius 3 is 2.22 bits per heavy atom. The number of aliphatic hydroxyl groups excluding tert-OH is 2. The maximum Gasteiger partial charge on any atom is 0.0881 e. The topological polar surface area (TPSA) is 60.7 Å². The molecule has 2 saturated carbocycles. The molecule has 0 amide bonds. The molecule has 0 aliphatic heterocycles. The van der Waals surface area contributed by atoms with Gasteiger partial charge < -0.3 is 15.3 Å². The van der Waals surface area contributed by atoms with Gasteiger partial charge in [0, 0.05) is 0 Å². The van der Waals surface area contributed by atoms with Gasteiger partial charge in [0.15, 0.2) is 0 Å². The van der Waals surface area contributed by atoms with E-state index in [2.05, 4.69) is 20.8 Å². The van der Waals surface area contributed by atoms with Crippen molar-refractivity contribution in [2.75, 3.05) is 0 Å². The van der Waals surface area contributed by atoms with Crippen LogP contribution in [0.15, 0.2) is 0 Å². The minimum Gasteiger partial charge on any atom is -0.393 e. The summed E-state index contributed by atoms with van der Waals surface area (Å²) in [4.78, 5) is 0. The summed E-state index contributed by atoms with van der Waals surface area (Å²) < 4.78 is 0. The molecule has 2 aliphatic rings. The van der Waals surface area contributed by atoms with Gasteiger partial charge >= 0.3 is 0 Å². The molecular weight excluding hydrogens is 228 g/mol. The highest BCUT2D eigenvalue weighted by atomic mass is 16.3. The van der Waals surface area contributed by atoms with Crippen molar-refractivity contribution < 1.29 is 15.3 Å². The minimum absolute atomic E-state index is 0.00463. The van der Waals surface area contributed by atoms with Gasteiger partial charge in [0.05, 0.1) is 17.8 Å². The fourth-order valence-electron chi connectivity index (χ4n) is 4.34. The Hall–Kier alpha value is -0.120. The molecule has 3 nitrogen and oxygen atoms in total. The number of rotatable bonds is 1. The van der Waals surface area contributed by atoms with E-state index in [9.17, 15) is 15.3 Å². The first-order valence-electron chi connectivity index (χ1n) is 7.28. The molecule has 18 heavy (non-hydrogen) atoms. The van der Waals surface area contributed by atoms with E-state index in [1.54, 1.807) is 6.92 Å². The fourth-order valence-corrected chi connectivity index (χ4v) is 4.34. The molecule has 0 bridgehead atoms. The quantitative estimate of drug-likeness (QED) is 0.672. The summed E-state index contributed by atoms with van der Waals surface area (Å²) in [6.45, 7) is 8.16. The average Bonchev–Trinajstić information content (AvgIpc) is 2.61. The molecular formula is C15H28O3. The second kappa shape index (κ2) is 4.46. The number of hydrogen-bond donors (Lipinski definition) is 3. The first kappa shape index (κ1) is 14.3. The third kappa shape index (κ3) is 2.00. The molecule has 0 aromatic rings. The Kier molecular flexibility index (Phi) is 3.54. The maximum atomic E-state index is 10.6. The van der Waals surface area contributed by atoms with Crippen LogP contribution in [0.3, 0.4) is 0 Å². The van der Waals surface area contributed by atoms with Crippen LogP contribution in [-0.2, 0) is 0 Å². The second-order valence-electron chi connectivity index (χ2n) is 7.33. The standard InChI is InChI=1S/C15H28O3/c1-9(2)10-5-7-14(3)11(16)6-8-15(4,18)13(17)12(10)14/h9-13,16-18H,5-8H2,1-4H3/t10?,11-,12?,13-,14+,15+/m1/s1. The molecule has 6 atom stereocenters. The molecule has 0 saturated heterocycles. The molecule has 2 aliphatic carbocycles. The Morgan fingerprint density at radius 2 is 1.67 bits per heavy atom. The molecule has 0 aromatic carbocycles. The van der Waals surface area contributed by atoms with Gasteiger partial charge in [-0.25, -0.2) is 0 Å². The van der Waals surface area contributed by atoms with E-state index in [0.29, 0.717) is 24.7 Å². The largest absolute Gasteiger partial charge is 0.393 e. The average molecular weight is 256 g/mol. The Balaban J connectivity index is 2.40. The van der Waals surface area contributed by atoms with Crippen LogP contribution in [0.2, 0.25) is 0 Å².